The summed E-state index contributed by atoms with van der Waals surface area (Å²) in [6.07, 6.45) is -3.83. The predicted molar refractivity (Wildman–Crippen MR) is 53.0 cm³/mol. The van der Waals surface area contributed by atoms with Gasteiger partial charge in [0, 0.05) is 6.20 Å². The highest BCUT2D eigenvalue weighted by atomic mass is 19.4. The van der Waals surface area contributed by atoms with Crippen molar-refractivity contribution in [2.24, 2.45) is 0 Å². The first kappa shape index (κ1) is 13.1. The van der Waals surface area contributed by atoms with Crippen LogP contribution in [0.5, 0.6) is 0 Å². The van der Waals surface area contributed by atoms with Crippen molar-refractivity contribution < 1.29 is 22.0 Å². The maximum absolute atomic E-state index is 13.5. The van der Waals surface area contributed by atoms with Gasteiger partial charge in [0.25, 0.3) is 5.56 Å². The van der Waals surface area contributed by atoms with Gasteiger partial charge in [-0.1, -0.05) is 0 Å². The predicted octanol–water partition coefficient (Wildman–Crippen LogP) is 2.13. The van der Waals surface area contributed by atoms with Gasteiger partial charge in [0.2, 0.25) is 5.82 Å². The van der Waals surface area contributed by atoms with E-state index < -0.39 is 40.5 Å². The lowest BCUT2D eigenvalue weighted by molar-refractivity contribution is -0.138. The normalized spacial score (nSPS) is 11.6. The van der Waals surface area contributed by atoms with Crippen molar-refractivity contribution in [1.82, 2.24) is 15.0 Å². The summed E-state index contributed by atoms with van der Waals surface area (Å²) in [7, 11) is 0. The summed E-state index contributed by atoms with van der Waals surface area (Å²) in [6, 6.07) is 0.214. The van der Waals surface area contributed by atoms with Gasteiger partial charge in [0.05, 0.1) is 11.8 Å². The van der Waals surface area contributed by atoms with E-state index in [1.54, 1.807) is 0 Å². The molecule has 2 rings (SSSR count). The Hall–Kier alpha value is -2.32. The van der Waals surface area contributed by atoms with E-state index in [0.29, 0.717) is 12.4 Å². The molecule has 0 bridgehead atoms. The number of halogens is 5. The summed E-state index contributed by atoms with van der Waals surface area (Å²) in [5.74, 6) is -2.99. The van der Waals surface area contributed by atoms with E-state index in [1.807, 2.05) is 4.98 Å². The largest absolute Gasteiger partial charge is 0.417 e. The van der Waals surface area contributed by atoms with Crippen molar-refractivity contribution in [2.75, 3.05) is 0 Å². The molecule has 9 heteroatoms. The van der Waals surface area contributed by atoms with Crippen LogP contribution in [0.15, 0.2) is 23.3 Å². The van der Waals surface area contributed by atoms with Crippen LogP contribution in [0, 0.1) is 11.6 Å². The second-order valence-electron chi connectivity index (χ2n) is 3.46. The first-order chi connectivity index (χ1) is 8.79. The topological polar surface area (TPSA) is 58.6 Å². The lowest BCUT2D eigenvalue weighted by Gasteiger charge is -2.07. The van der Waals surface area contributed by atoms with Crippen LogP contribution in [0.2, 0.25) is 0 Å². The number of alkyl halides is 3. The van der Waals surface area contributed by atoms with Crippen LogP contribution in [0.25, 0.3) is 11.5 Å². The Kier molecular flexibility index (Phi) is 3.05. The number of pyridine rings is 1. The standard InChI is InChI=1S/C10H4F5N3O/c11-5-1-4(10(13,14)15)2-16-7(5)8-17-3-6(12)9(19)18-8/h1-3H,(H,17,18,19). The zero-order chi connectivity index (χ0) is 14.2. The minimum absolute atomic E-state index is 0.214. The molecule has 0 amide bonds. The molecule has 0 aliphatic carbocycles. The molecular weight excluding hydrogens is 273 g/mol. The quantitative estimate of drug-likeness (QED) is 0.812. The van der Waals surface area contributed by atoms with Gasteiger partial charge in [-0.15, -0.1) is 0 Å². The molecule has 0 spiro atoms. The second-order valence-corrected chi connectivity index (χ2v) is 3.46. The van der Waals surface area contributed by atoms with Crippen molar-refractivity contribution in [3.05, 3.63) is 46.0 Å². The second kappa shape index (κ2) is 4.41. The fourth-order valence-electron chi connectivity index (χ4n) is 1.27. The van der Waals surface area contributed by atoms with E-state index in [9.17, 15) is 26.7 Å². The van der Waals surface area contributed by atoms with Gasteiger partial charge in [-0.25, -0.2) is 14.4 Å². The number of H-pyrrole nitrogens is 1. The fraction of sp³-hybridized carbons (Fsp3) is 0.100. The van der Waals surface area contributed by atoms with Crippen molar-refractivity contribution in [2.45, 2.75) is 6.18 Å². The van der Waals surface area contributed by atoms with Crippen LogP contribution >= 0.6 is 0 Å². The Morgan fingerprint density at radius 1 is 1.05 bits per heavy atom. The van der Waals surface area contributed by atoms with E-state index in [4.69, 9.17) is 0 Å². The van der Waals surface area contributed by atoms with E-state index in [0.717, 1.165) is 0 Å². The minimum atomic E-state index is -4.74. The van der Waals surface area contributed by atoms with E-state index in [2.05, 4.69) is 9.97 Å². The number of nitrogens with zero attached hydrogens (tertiary/aromatic N) is 2. The van der Waals surface area contributed by atoms with Gasteiger partial charge in [0.15, 0.2) is 11.6 Å². The molecule has 0 fully saturated rings. The van der Waals surface area contributed by atoms with E-state index >= 15 is 0 Å². The number of aromatic amines is 1. The third-order valence-corrected chi connectivity index (χ3v) is 2.15. The summed E-state index contributed by atoms with van der Waals surface area (Å²) >= 11 is 0. The average Bonchev–Trinajstić information content (AvgIpc) is 2.31. The lowest BCUT2D eigenvalue weighted by Crippen LogP contribution is -2.14. The summed E-state index contributed by atoms with van der Waals surface area (Å²) in [5.41, 5.74) is -3.06. The van der Waals surface area contributed by atoms with Crippen molar-refractivity contribution in [3.8, 4) is 11.5 Å². The highest BCUT2D eigenvalue weighted by molar-refractivity contribution is 5.49. The molecule has 2 aromatic rings. The molecule has 4 nitrogen and oxygen atoms in total. The molecule has 0 atom stereocenters. The highest BCUT2D eigenvalue weighted by Crippen LogP contribution is 2.30. The van der Waals surface area contributed by atoms with E-state index in [1.165, 1.54) is 0 Å². The third kappa shape index (κ3) is 2.59. The maximum Gasteiger partial charge on any atom is 0.417 e. The Balaban J connectivity index is 2.52. The van der Waals surface area contributed by atoms with E-state index in [-0.39, 0.29) is 6.07 Å². The Labute approximate surface area is 102 Å². The molecule has 2 heterocycles. The molecule has 0 aliphatic heterocycles. The van der Waals surface area contributed by atoms with Crippen molar-refractivity contribution in [1.29, 1.82) is 0 Å². The minimum Gasteiger partial charge on any atom is -0.303 e. The van der Waals surface area contributed by atoms with Gasteiger partial charge >= 0.3 is 6.18 Å². The molecule has 19 heavy (non-hydrogen) atoms. The SMILES string of the molecule is O=c1[nH]c(-c2ncc(C(F)(F)F)cc2F)ncc1F. The zero-order valence-corrected chi connectivity index (χ0v) is 8.92. The van der Waals surface area contributed by atoms with Gasteiger partial charge in [-0.05, 0) is 6.07 Å². The Morgan fingerprint density at radius 2 is 1.74 bits per heavy atom. The van der Waals surface area contributed by atoms with Crippen LogP contribution in [0.1, 0.15) is 5.56 Å². The Bertz CT molecular complexity index is 680. The number of rotatable bonds is 1. The first-order valence-corrected chi connectivity index (χ1v) is 4.77. The molecule has 0 radical (unpaired) electrons. The molecule has 0 unspecified atom stereocenters. The average molecular weight is 277 g/mol. The van der Waals surface area contributed by atoms with Gasteiger partial charge in [-0.3, -0.25) is 4.79 Å². The molecule has 1 N–H and O–H groups in total. The lowest BCUT2D eigenvalue weighted by atomic mass is 10.2. The molecule has 0 aliphatic rings. The summed E-state index contributed by atoms with van der Waals surface area (Å²) < 4.78 is 63.0. The zero-order valence-electron chi connectivity index (χ0n) is 8.92. The summed E-state index contributed by atoms with van der Waals surface area (Å²) in [6.45, 7) is 0. The third-order valence-electron chi connectivity index (χ3n) is 2.15. The Morgan fingerprint density at radius 3 is 2.26 bits per heavy atom. The number of nitrogens with one attached hydrogen (secondary N) is 1. The van der Waals surface area contributed by atoms with Gasteiger partial charge < -0.3 is 4.98 Å². The summed E-state index contributed by atoms with van der Waals surface area (Å²) in [4.78, 5) is 19.4. The van der Waals surface area contributed by atoms with Crippen LogP contribution in [0.4, 0.5) is 22.0 Å². The van der Waals surface area contributed by atoms with Crippen molar-refractivity contribution in [3.63, 3.8) is 0 Å². The molecule has 0 saturated heterocycles. The fourth-order valence-corrected chi connectivity index (χ4v) is 1.27. The van der Waals surface area contributed by atoms with Crippen LogP contribution in [-0.4, -0.2) is 15.0 Å². The number of hydrogen-bond acceptors (Lipinski definition) is 3. The molecule has 0 saturated carbocycles. The first-order valence-electron chi connectivity index (χ1n) is 4.77. The monoisotopic (exact) mass is 277 g/mol. The van der Waals surface area contributed by atoms with Gasteiger partial charge in [0.1, 0.15) is 5.69 Å². The smallest absolute Gasteiger partial charge is 0.303 e. The number of hydrogen-bond donors (Lipinski definition) is 1. The molecular formula is C10H4F5N3O. The van der Waals surface area contributed by atoms with Crippen LogP contribution in [-0.2, 0) is 6.18 Å². The van der Waals surface area contributed by atoms with Crippen LogP contribution in [0.3, 0.4) is 0 Å². The summed E-state index contributed by atoms with van der Waals surface area (Å²) in [5, 5.41) is 0. The highest BCUT2D eigenvalue weighted by Gasteiger charge is 2.32. The van der Waals surface area contributed by atoms with Gasteiger partial charge in [-0.2, -0.15) is 17.6 Å². The number of aromatic nitrogens is 3. The van der Waals surface area contributed by atoms with Crippen molar-refractivity contribution >= 4 is 0 Å². The molecule has 100 valence electrons. The van der Waals surface area contributed by atoms with Crippen LogP contribution < -0.4 is 5.56 Å². The maximum atomic E-state index is 13.5. The molecule has 0 aromatic carbocycles. The molecule has 2 aromatic heterocycles.